The zero-order chi connectivity index (χ0) is 26.5. The topological polar surface area (TPSA) is 119 Å². The van der Waals surface area contributed by atoms with Crippen molar-refractivity contribution < 1.29 is 28.4 Å². The Morgan fingerprint density at radius 3 is 2.65 bits per heavy atom. The second kappa shape index (κ2) is 11.5. The van der Waals surface area contributed by atoms with Crippen LogP contribution in [0.25, 0.3) is 6.08 Å². The van der Waals surface area contributed by atoms with Crippen molar-refractivity contribution in [2.24, 2.45) is 0 Å². The Bertz CT molecular complexity index is 1450. The summed E-state index contributed by atoms with van der Waals surface area (Å²) in [4.78, 5) is 48.8. The van der Waals surface area contributed by atoms with Crippen LogP contribution in [0.1, 0.15) is 11.1 Å². The summed E-state index contributed by atoms with van der Waals surface area (Å²) in [7, 11) is 0. The number of ether oxygens (including phenoxy) is 1. The van der Waals surface area contributed by atoms with Crippen LogP contribution < -0.4 is 10.1 Å². The molecule has 3 aromatic rings. The van der Waals surface area contributed by atoms with Crippen molar-refractivity contribution in [2.45, 2.75) is 6.61 Å². The summed E-state index contributed by atoms with van der Waals surface area (Å²) in [5.41, 5.74) is 1.21. The molecule has 0 aliphatic carbocycles. The second-order valence-corrected chi connectivity index (χ2v) is 9.86. The molecule has 0 saturated carbocycles. The van der Waals surface area contributed by atoms with E-state index in [2.05, 4.69) is 27.9 Å². The lowest BCUT2D eigenvalue weighted by molar-refractivity contribution is -0.384. The largest absolute Gasteiger partial charge is 0.488 e. The van der Waals surface area contributed by atoms with Crippen LogP contribution >= 0.6 is 34.4 Å². The number of amides is 3. The van der Waals surface area contributed by atoms with Gasteiger partial charge < -0.3 is 10.1 Å². The highest BCUT2D eigenvalue weighted by atomic mass is 127. The van der Waals surface area contributed by atoms with Gasteiger partial charge in [0.2, 0.25) is 5.91 Å². The number of nitro benzene ring substituents is 1. The molecule has 1 aliphatic heterocycles. The molecular weight excluding hydrogens is 616 g/mol. The van der Waals surface area contributed by atoms with E-state index in [9.17, 15) is 28.9 Å². The molecule has 1 heterocycles. The number of carbonyl (C=O) groups excluding carboxylic acids is 3. The molecule has 0 radical (unpaired) electrons. The van der Waals surface area contributed by atoms with Gasteiger partial charge in [-0.15, -0.1) is 0 Å². The number of anilines is 1. The number of benzene rings is 3. The fourth-order valence-corrected chi connectivity index (χ4v) is 4.86. The Morgan fingerprint density at radius 1 is 1.14 bits per heavy atom. The molecule has 0 spiro atoms. The summed E-state index contributed by atoms with van der Waals surface area (Å²) in [6.07, 6.45) is 1.53. The molecule has 3 aromatic carbocycles. The van der Waals surface area contributed by atoms with Crippen molar-refractivity contribution >= 4 is 68.9 Å². The number of thioether (sulfide) groups is 1. The first-order valence-electron chi connectivity index (χ1n) is 10.7. The molecule has 188 valence electrons. The molecule has 1 fully saturated rings. The summed E-state index contributed by atoms with van der Waals surface area (Å²) in [6.45, 7) is -0.414. The monoisotopic (exact) mass is 633 g/mol. The van der Waals surface area contributed by atoms with E-state index in [4.69, 9.17) is 4.74 Å². The van der Waals surface area contributed by atoms with Crippen molar-refractivity contribution in [1.29, 1.82) is 0 Å². The summed E-state index contributed by atoms with van der Waals surface area (Å²) in [5, 5.41) is 12.7. The van der Waals surface area contributed by atoms with Crippen LogP contribution in [0.3, 0.4) is 0 Å². The fourth-order valence-electron chi connectivity index (χ4n) is 3.33. The van der Waals surface area contributed by atoms with Crippen LogP contribution in [0.15, 0.2) is 71.6 Å². The first-order valence-corrected chi connectivity index (χ1v) is 12.6. The van der Waals surface area contributed by atoms with Gasteiger partial charge in [-0.3, -0.25) is 29.4 Å². The Morgan fingerprint density at radius 2 is 1.92 bits per heavy atom. The predicted octanol–water partition coefficient (Wildman–Crippen LogP) is 5.59. The third kappa shape index (κ3) is 6.51. The Kier molecular flexibility index (Phi) is 8.18. The van der Waals surface area contributed by atoms with Crippen molar-refractivity contribution in [3.63, 3.8) is 0 Å². The highest BCUT2D eigenvalue weighted by Gasteiger charge is 2.36. The first kappa shape index (κ1) is 26.3. The lowest BCUT2D eigenvalue weighted by Crippen LogP contribution is -2.36. The smallest absolute Gasteiger partial charge is 0.294 e. The van der Waals surface area contributed by atoms with Gasteiger partial charge in [0.05, 0.1) is 19.1 Å². The van der Waals surface area contributed by atoms with Crippen LogP contribution in [0.4, 0.5) is 20.6 Å². The molecular formula is C25H17FIN3O6S. The zero-order valence-corrected chi connectivity index (χ0v) is 21.8. The minimum Gasteiger partial charge on any atom is -0.488 e. The lowest BCUT2D eigenvalue weighted by atomic mass is 10.2. The van der Waals surface area contributed by atoms with Crippen LogP contribution in [0, 0.1) is 19.5 Å². The second-order valence-electron chi connectivity index (χ2n) is 7.70. The minimum atomic E-state index is -0.701. The maximum Gasteiger partial charge on any atom is 0.294 e. The average Bonchev–Trinajstić information content (AvgIpc) is 3.12. The van der Waals surface area contributed by atoms with E-state index in [0.717, 1.165) is 8.47 Å². The molecule has 1 aliphatic rings. The van der Waals surface area contributed by atoms with Gasteiger partial charge in [-0.25, -0.2) is 4.39 Å². The maximum atomic E-state index is 13.8. The molecule has 12 heteroatoms. The van der Waals surface area contributed by atoms with E-state index in [1.165, 1.54) is 36.4 Å². The Hall–Kier alpha value is -3.78. The Balaban J connectivity index is 1.40. The summed E-state index contributed by atoms with van der Waals surface area (Å²) in [6, 6.07) is 16.9. The summed E-state index contributed by atoms with van der Waals surface area (Å²) < 4.78 is 20.3. The molecule has 9 nitrogen and oxygen atoms in total. The van der Waals surface area contributed by atoms with Gasteiger partial charge in [-0.1, -0.05) is 30.3 Å². The lowest BCUT2D eigenvalue weighted by Gasteiger charge is -2.12. The number of non-ortho nitro benzene ring substituents is 1. The standard InChI is InChI=1S/C25H17FIN3O6S/c26-18-6-1-2-7-20(18)28-23(31)13-29-24(32)22(37-25(29)33)12-15-8-9-21(19(27)11-15)36-14-16-4-3-5-17(10-16)30(34)35/h1-12H,13-14H2,(H,28,31)/b22-12-. The van der Waals surface area contributed by atoms with Crippen LogP contribution in [0.5, 0.6) is 5.75 Å². The Labute approximate surface area is 228 Å². The van der Waals surface area contributed by atoms with E-state index >= 15 is 0 Å². The van der Waals surface area contributed by atoms with Gasteiger partial charge in [-0.05, 0) is 75.8 Å². The number of hydrogen-bond donors (Lipinski definition) is 1. The SMILES string of the molecule is O=C(CN1C(=O)S/C(=C\c2ccc(OCc3cccc([N+](=O)[O-])c3)c(I)c2)C1=O)Nc1ccccc1F. The molecule has 1 saturated heterocycles. The number of carbonyl (C=O) groups is 3. The van der Waals surface area contributed by atoms with Crippen molar-refractivity contribution in [2.75, 3.05) is 11.9 Å². The van der Waals surface area contributed by atoms with Gasteiger partial charge in [0, 0.05) is 12.1 Å². The number of nitrogens with one attached hydrogen (secondary N) is 1. The first-order chi connectivity index (χ1) is 17.7. The molecule has 0 unspecified atom stereocenters. The number of para-hydroxylation sites is 1. The van der Waals surface area contributed by atoms with Gasteiger partial charge in [0.15, 0.2) is 0 Å². The van der Waals surface area contributed by atoms with E-state index in [1.807, 2.05) is 0 Å². The van der Waals surface area contributed by atoms with Crippen LogP contribution in [0.2, 0.25) is 0 Å². The molecule has 37 heavy (non-hydrogen) atoms. The van der Waals surface area contributed by atoms with Crippen LogP contribution in [-0.2, 0) is 16.2 Å². The van der Waals surface area contributed by atoms with E-state index in [1.54, 1.807) is 36.4 Å². The summed E-state index contributed by atoms with van der Waals surface area (Å²) in [5.74, 6) is -1.41. The number of nitrogens with zero attached hydrogens (tertiary/aromatic N) is 2. The van der Waals surface area contributed by atoms with Gasteiger partial charge in [0.25, 0.3) is 16.8 Å². The van der Waals surface area contributed by atoms with Crippen molar-refractivity contribution in [1.82, 2.24) is 4.90 Å². The van der Waals surface area contributed by atoms with Gasteiger partial charge in [-0.2, -0.15) is 0 Å². The molecule has 3 amide bonds. The third-order valence-electron chi connectivity index (χ3n) is 5.09. The quantitative estimate of drug-likeness (QED) is 0.149. The number of halogens is 2. The van der Waals surface area contributed by atoms with E-state index in [0.29, 0.717) is 28.6 Å². The highest BCUT2D eigenvalue weighted by molar-refractivity contribution is 14.1. The molecule has 1 N–H and O–H groups in total. The van der Waals surface area contributed by atoms with Gasteiger partial charge >= 0.3 is 0 Å². The minimum absolute atomic E-state index is 0.0233. The van der Waals surface area contributed by atoms with Gasteiger partial charge in [0.1, 0.15) is 24.7 Å². The molecule has 4 rings (SSSR count). The number of rotatable bonds is 8. The highest BCUT2D eigenvalue weighted by Crippen LogP contribution is 2.33. The zero-order valence-electron chi connectivity index (χ0n) is 18.9. The van der Waals surface area contributed by atoms with E-state index in [-0.39, 0.29) is 22.9 Å². The summed E-state index contributed by atoms with van der Waals surface area (Å²) >= 11 is 2.77. The van der Waals surface area contributed by atoms with E-state index < -0.39 is 34.3 Å². The third-order valence-corrected chi connectivity index (χ3v) is 6.84. The number of imide groups is 1. The molecule has 0 bridgehead atoms. The number of hydrogen-bond acceptors (Lipinski definition) is 7. The molecule has 0 aromatic heterocycles. The fraction of sp³-hybridized carbons (Fsp3) is 0.0800. The molecule has 0 atom stereocenters. The average molecular weight is 633 g/mol. The predicted molar refractivity (Wildman–Crippen MR) is 144 cm³/mol. The van der Waals surface area contributed by atoms with Crippen molar-refractivity contribution in [3.05, 3.63) is 102 Å². The number of nitro groups is 1. The van der Waals surface area contributed by atoms with Crippen LogP contribution in [-0.4, -0.2) is 33.4 Å². The van der Waals surface area contributed by atoms with Crippen molar-refractivity contribution in [3.8, 4) is 5.75 Å². The normalized spacial score (nSPS) is 14.2. The maximum absolute atomic E-state index is 13.8.